The van der Waals surface area contributed by atoms with Crippen molar-refractivity contribution in [3.05, 3.63) is 44.7 Å². The summed E-state index contributed by atoms with van der Waals surface area (Å²) < 4.78 is 1.19. The number of aromatic nitrogens is 2. The minimum absolute atomic E-state index is 0.0474. The first-order valence-electron chi connectivity index (χ1n) is 11.4. The average Bonchev–Trinajstić information content (AvgIpc) is 3.18. The molecule has 0 radical (unpaired) electrons. The highest BCUT2D eigenvalue weighted by molar-refractivity contribution is 14.1. The lowest BCUT2D eigenvalue weighted by atomic mass is 10.1. The maximum Gasteiger partial charge on any atom is 0.227 e. The number of halogens is 1. The molecule has 1 N–H and O–H groups in total. The molecular weight excluding hydrogens is 531 g/mol. The lowest BCUT2D eigenvalue weighted by molar-refractivity contribution is -0.129. The quantitative estimate of drug-likeness (QED) is 0.427. The summed E-state index contributed by atoms with van der Waals surface area (Å²) in [5, 5.41) is 3.60. The molecule has 176 valence electrons. The van der Waals surface area contributed by atoms with Gasteiger partial charge in [0.05, 0.1) is 5.69 Å². The summed E-state index contributed by atoms with van der Waals surface area (Å²) in [6.07, 6.45) is 0.989. The van der Waals surface area contributed by atoms with E-state index in [1.165, 1.54) is 9.13 Å². The fraction of sp³-hybridized carbons (Fsp3) is 0.500. The number of hydrogen-bond acceptors (Lipinski definition) is 7. The first-order chi connectivity index (χ1) is 15.8. The monoisotopic (exact) mass is 562 g/mol. The van der Waals surface area contributed by atoms with Crippen LogP contribution in [-0.4, -0.2) is 64.2 Å². The highest BCUT2D eigenvalue weighted by Gasteiger charge is 2.37. The highest BCUT2D eigenvalue weighted by Crippen LogP contribution is 2.38. The van der Waals surface area contributed by atoms with Gasteiger partial charge in [0.15, 0.2) is 0 Å². The molecule has 1 aromatic carbocycles. The molecule has 0 aliphatic carbocycles. The summed E-state index contributed by atoms with van der Waals surface area (Å²) in [4.78, 5) is 39.8. The number of carbonyl (C=O) groups excluding carboxylic acids is 2. The van der Waals surface area contributed by atoms with Gasteiger partial charge in [0.2, 0.25) is 11.9 Å². The zero-order chi connectivity index (χ0) is 23.7. The maximum absolute atomic E-state index is 12.1. The van der Waals surface area contributed by atoms with Crippen LogP contribution in [0, 0.1) is 3.57 Å². The molecule has 3 heterocycles. The Balaban J connectivity index is 1.68. The molecule has 33 heavy (non-hydrogen) atoms. The number of fused-ring (bicyclic) bond motifs is 1. The minimum Gasteiger partial charge on any atom is -0.363 e. The van der Waals surface area contributed by atoms with E-state index in [4.69, 9.17) is 9.97 Å². The Bertz CT molecular complexity index is 1020. The number of rotatable bonds is 6. The standard InChI is InChI=1S/C24H31IN6O2/c1-15(2)31-13-20-22(21(31)14-32)27-24(30-11-9-29(10-12-30)17(4)33)28-23(20)26-16(3)18-5-7-19(25)8-6-18/h5-8,14-16,21H,9-13H2,1-4H3,(H,26,27,28)/t16?,21-/m0/s1. The number of nitrogens with zero attached hydrogens (tertiary/aromatic N) is 5. The second-order valence-electron chi connectivity index (χ2n) is 8.99. The maximum atomic E-state index is 12.1. The molecule has 0 bridgehead atoms. The lowest BCUT2D eigenvalue weighted by Gasteiger charge is -2.34. The molecule has 1 unspecified atom stereocenters. The number of amides is 1. The highest BCUT2D eigenvalue weighted by atomic mass is 127. The van der Waals surface area contributed by atoms with Crippen LogP contribution >= 0.6 is 22.6 Å². The Hall–Kier alpha value is -2.27. The van der Waals surface area contributed by atoms with Crippen molar-refractivity contribution >= 4 is 46.6 Å². The predicted molar refractivity (Wildman–Crippen MR) is 137 cm³/mol. The average molecular weight is 562 g/mol. The topological polar surface area (TPSA) is 81.7 Å². The van der Waals surface area contributed by atoms with Crippen molar-refractivity contribution in [3.63, 3.8) is 0 Å². The van der Waals surface area contributed by atoms with Gasteiger partial charge in [-0.1, -0.05) is 12.1 Å². The molecule has 0 saturated carbocycles. The summed E-state index contributed by atoms with van der Waals surface area (Å²) in [5.41, 5.74) is 2.95. The van der Waals surface area contributed by atoms with Crippen LogP contribution in [0.15, 0.2) is 24.3 Å². The number of hydrogen-bond donors (Lipinski definition) is 1. The number of anilines is 2. The van der Waals surface area contributed by atoms with Crippen molar-refractivity contribution in [1.29, 1.82) is 0 Å². The number of carbonyl (C=O) groups is 2. The first kappa shape index (κ1) is 23.9. The zero-order valence-electron chi connectivity index (χ0n) is 19.6. The molecule has 1 fully saturated rings. The number of nitrogens with one attached hydrogen (secondary N) is 1. The fourth-order valence-electron chi connectivity index (χ4n) is 4.50. The van der Waals surface area contributed by atoms with Gasteiger partial charge in [-0.2, -0.15) is 4.98 Å². The zero-order valence-corrected chi connectivity index (χ0v) is 21.7. The Morgan fingerprint density at radius 1 is 1.12 bits per heavy atom. The van der Waals surface area contributed by atoms with Crippen molar-refractivity contribution in [2.24, 2.45) is 0 Å². The van der Waals surface area contributed by atoms with E-state index in [2.05, 4.69) is 82.7 Å². The molecule has 2 aliphatic rings. The summed E-state index contributed by atoms with van der Waals surface area (Å²) in [6, 6.07) is 8.32. The van der Waals surface area contributed by atoms with Gasteiger partial charge in [-0.25, -0.2) is 4.98 Å². The van der Waals surface area contributed by atoms with Crippen LogP contribution in [0.3, 0.4) is 0 Å². The van der Waals surface area contributed by atoms with Crippen molar-refractivity contribution in [2.75, 3.05) is 36.4 Å². The lowest BCUT2D eigenvalue weighted by Crippen LogP contribution is -2.48. The van der Waals surface area contributed by atoms with E-state index < -0.39 is 0 Å². The van der Waals surface area contributed by atoms with Gasteiger partial charge in [0.1, 0.15) is 18.1 Å². The fourth-order valence-corrected chi connectivity index (χ4v) is 4.86. The minimum atomic E-state index is -0.380. The van der Waals surface area contributed by atoms with Crippen molar-refractivity contribution in [2.45, 2.75) is 52.4 Å². The van der Waals surface area contributed by atoms with Crippen molar-refractivity contribution in [1.82, 2.24) is 19.8 Å². The predicted octanol–water partition coefficient (Wildman–Crippen LogP) is 3.39. The van der Waals surface area contributed by atoms with Gasteiger partial charge in [-0.3, -0.25) is 9.69 Å². The molecule has 1 amide bonds. The van der Waals surface area contributed by atoms with Crippen LogP contribution in [0.25, 0.3) is 0 Å². The summed E-state index contributed by atoms with van der Waals surface area (Å²) >= 11 is 2.31. The van der Waals surface area contributed by atoms with E-state index in [9.17, 15) is 9.59 Å². The van der Waals surface area contributed by atoms with Gasteiger partial charge >= 0.3 is 0 Å². The van der Waals surface area contributed by atoms with E-state index in [1.807, 2.05) is 4.90 Å². The van der Waals surface area contributed by atoms with Crippen LogP contribution in [-0.2, 0) is 16.1 Å². The van der Waals surface area contributed by atoms with Crippen LogP contribution in [0.4, 0.5) is 11.8 Å². The second kappa shape index (κ2) is 9.92. The molecule has 2 aromatic rings. The van der Waals surface area contributed by atoms with Gasteiger partial charge in [0, 0.05) is 60.9 Å². The third-order valence-corrected chi connectivity index (χ3v) is 7.25. The van der Waals surface area contributed by atoms with E-state index >= 15 is 0 Å². The van der Waals surface area contributed by atoms with Crippen LogP contribution in [0.5, 0.6) is 0 Å². The van der Waals surface area contributed by atoms with Gasteiger partial charge in [0.25, 0.3) is 0 Å². The van der Waals surface area contributed by atoms with E-state index in [0.29, 0.717) is 38.7 Å². The second-order valence-corrected chi connectivity index (χ2v) is 10.2. The van der Waals surface area contributed by atoms with Gasteiger partial charge < -0.3 is 19.9 Å². The molecule has 9 heteroatoms. The summed E-state index contributed by atoms with van der Waals surface area (Å²) in [7, 11) is 0. The van der Waals surface area contributed by atoms with Crippen LogP contribution < -0.4 is 10.2 Å². The molecule has 1 aromatic heterocycles. The number of aldehydes is 1. The molecule has 2 aliphatic heterocycles. The smallest absolute Gasteiger partial charge is 0.227 e. The molecular formula is C24H31IN6O2. The van der Waals surface area contributed by atoms with E-state index in [0.717, 1.165) is 23.4 Å². The Labute approximate surface area is 208 Å². The Kier molecular flexibility index (Phi) is 7.18. The van der Waals surface area contributed by atoms with Crippen molar-refractivity contribution < 1.29 is 9.59 Å². The number of benzene rings is 1. The first-order valence-corrected chi connectivity index (χ1v) is 12.5. The normalized spacial score (nSPS) is 19.5. The Morgan fingerprint density at radius 2 is 1.79 bits per heavy atom. The third kappa shape index (κ3) is 4.98. The summed E-state index contributed by atoms with van der Waals surface area (Å²) in [5.74, 6) is 1.49. The van der Waals surface area contributed by atoms with Gasteiger partial charge in [-0.05, 0) is 61.1 Å². The third-order valence-electron chi connectivity index (χ3n) is 6.53. The largest absolute Gasteiger partial charge is 0.363 e. The molecule has 0 spiro atoms. The van der Waals surface area contributed by atoms with Crippen LogP contribution in [0.1, 0.15) is 56.6 Å². The van der Waals surface area contributed by atoms with Crippen molar-refractivity contribution in [3.8, 4) is 0 Å². The molecule has 2 atom stereocenters. The summed E-state index contributed by atoms with van der Waals surface area (Å²) in [6.45, 7) is 11.2. The van der Waals surface area contributed by atoms with E-state index in [-0.39, 0.29) is 24.0 Å². The van der Waals surface area contributed by atoms with E-state index in [1.54, 1.807) is 6.92 Å². The van der Waals surface area contributed by atoms with Gasteiger partial charge in [-0.15, -0.1) is 0 Å². The molecule has 8 nitrogen and oxygen atoms in total. The number of piperazine rings is 1. The molecule has 1 saturated heterocycles. The SMILES string of the molecule is CC(=O)N1CCN(c2nc(NC(C)c3ccc(I)cc3)c3c(n2)[C@H](C=O)N(C(C)C)C3)CC1. The molecule has 4 rings (SSSR count). The van der Waals surface area contributed by atoms with Crippen LogP contribution in [0.2, 0.25) is 0 Å². The Morgan fingerprint density at radius 3 is 2.36 bits per heavy atom.